The van der Waals surface area contributed by atoms with Crippen molar-refractivity contribution in [3.63, 3.8) is 0 Å². The summed E-state index contributed by atoms with van der Waals surface area (Å²) in [4.78, 5) is 11.7. The lowest BCUT2D eigenvalue weighted by atomic mass is 10.1. The van der Waals surface area contributed by atoms with E-state index in [1.54, 1.807) is 43.3 Å². The minimum absolute atomic E-state index is 0.253. The minimum Gasteiger partial charge on any atom is -0.410 e. The maximum absolute atomic E-state index is 12.8. The topological polar surface area (TPSA) is 38.3 Å². The molecule has 0 saturated carbocycles. The third-order valence-corrected chi connectivity index (χ3v) is 2.66. The Morgan fingerprint density at radius 1 is 1.11 bits per heavy atom. The van der Waals surface area contributed by atoms with E-state index < -0.39 is 6.09 Å². The summed E-state index contributed by atoms with van der Waals surface area (Å²) in [5.74, 6) is 0.175. The third-order valence-electron chi connectivity index (χ3n) is 2.66. The van der Waals surface area contributed by atoms with E-state index in [9.17, 15) is 9.18 Å². The molecule has 98 valence electrons. The average molecular weight is 259 g/mol. The largest absolute Gasteiger partial charge is 0.413 e. The number of ether oxygens (including phenoxy) is 1. The van der Waals surface area contributed by atoms with Crippen molar-refractivity contribution < 1.29 is 13.9 Å². The van der Waals surface area contributed by atoms with E-state index in [0.29, 0.717) is 5.75 Å². The summed E-state index contributed by atoms with van der Waals surface area (Å²) in [5, 5.41) is 2.68. The molecule has 1 N–H and O–H groups in total. The summed E-state index contributed by atoms with van der Waals surface area (Å²) in [7, 11) is 0. The Kier molecular flexibility index (Phi) is 4.13. The highest BCUT2D eigenvalue weighted by Crippen LogP contribution is 2.14. The van der Waals surface area contributed by atoms with Crippen LogP contribution < -0.4 is 10.1 Å². The highest BCUT2D eigenvalue weighted by atomic mass is 19.1. The van der Waals surface area contributed by atoms with Crippen LogP contribution in [0.2, 0.25) is 0 Å². The normalized spacial score (nSPS) is 11.7. The first-order valence-corrected chi connectivity index (χ1v) is 5.94. The number of hydrogen-bond donors (Lipinski definition) is 1. The van der Waals surface area contributed by atoms with Crippen molar-refractivity contribution in [1.82, 2.24) is 5.32 Å². The van der Waals surface area contributed by atoms with Gasteiger partial charge in [0.05, 0.1) is 6.04 Å². The van der Waals surface area contributed by atoms with E-state index in [0.717, 1.165) is 5.56 Å². The molecular formula is C15H14FNO2. The van der Waals surface area contributed by atoms with Crippen LogP contribution in [-0.4, -0.2) is 6.09 Å². The lowest BCUT2D eigenvalue weighted by molar-refractivity contribution is 0.197. The maximum atomic E-state index is 12.8. The molecule has 0 heterocycles. The molecule has 4 heteroatoms. The summed E-state index contributed by atoms with van der Waals surface area (Å²) in [6.07, 6.45) is -0.539. The molecule has 0 fully saturated rings. The maximum Gasteiger partial charge on any atom is 0.413 e. The zero-order chi connectivity index (χ0) is 13.7. The predicted octanol–water partition coefficient (Wildman–Crippen LogP) is 3.68. The van der Waals surface area contributed by atoms with Crippen LogP contribution in [0.3, 0.4) is 0 Å². The van der Waals surface area contributed by atoms with Gasteiger partial charge in [-0.2, -0.15) is 0 Å². The van der Waals surface area contributed by atoms with Crippen LogP contribution in [0.5, 0.6) is 5.75 Å². The van der Waals surface area contributed by atoms with Crippen molar-refractivity contribution >= 4 is 6.09 Å². The van der Waals surface area contributed by atoms with Crippen LogP contribution in [0.1, 0.15) is 18.5 Å². The number of hydrogen-bond acceptors (Lipinski definition) is 2. The molecule has 2 rings (SSSR count). The standard InChI is InChI=1S/C15H14FNO2/c1-11(12-7-9-13(16)10-8-12)17-15(18)19-14-5-3-2-4-6-14/h2-11H,1H3,(H,17,18)/t11-/m1/s1. The van der Waals surface area contributed by atoms with Crippen LogP contribution in [-0.2, 0) is 0 Å². The molecule has 0 aliphatic rings. The van der Waals surface area contributed by atoms with Gasteiger partial charge in [-0.3, -0.25) is 0 Å². The molecular weight excluding hydrogens is 245 g/mol. The second kappa shape index (κ2) is 6.00. The summed E-state index contributed by atoms with van der Waals surface area (Å²) < 4.78 is 17.9. The number of halogens is 1. The minimum atomic E-state index is -0.539. The summed E-state index contributed by atoms with van der Waals surface area (Å²) in [5.41, 5.74) is 0.811. The fraction of sp³-hybridized carbons (Fsp3) is 0.133. The van der Waals surface area contributed by atoms with E-state index in [1.807, 2.05) is 6.07 Å². The molecule has 0 unspecified atom stereocenters. The van der Waals surface area contributed by atoms with Gasteiger partial charge in [0.2, 0.25) is 0 Å². The third kappa shape index (κ3) is 3.81. The molecule has 0 radical (unpaired) electrons. The molecule has 0 aliphatic heterocycles. The van der Waals surface area contributed by atoms with Gasteiger partial charge >= 0.3 is 6.09 Å². The van der Waals surface area contributed by atoms with Gasteiger partial charge in [0.15, 0.2) is 0 Å². The van der Waals surface area contributed by atoms with Gasteiger partial charge in [0.25, 0.3) is 0 Å². The number of para-hydroxylation sites is 1. The zero-order valence-electron chi connectivity index (χ0n) is 10.5. The number of carbonyl (C=O) groups excluding carboxylic acids is 1. The molecule has 0 bridgehead atoms. The molecule has 0 aromatic heterocycles. The Hall–Kier alpha value is -2.36. The van der Waals surface area contributed by atoms with Crippen molar-refractivity contribution in [2.75, 3.05) is 0 Å². The van der Waals surface area contributed by atoms with Crippen molar-refractivity contribution in [2.24, 2.45) is 0 Å². The molecule has 1 atom stereocenters. The molecule has 0 spiro atoms. The van der Waals surface area contributed by atoms with E-state index in [2.05, 4.69) is 5.32 Å². The monoisotopic (exact) mass is 259 g/mol. The first kappa shape index (κ1) is 13.1. The zero-order valence-corrected chi connectivity index (χ0v) is 10.5. The average Bonchev–Trinajstić information content (AvgIpc) is 2.40. The van der Waals surface area contributed by atoms with Crippen LogP contribution in [0.25, 0.3) is 0 Å². The van der Waals surface area contributed by atoms with E-state index >= 15 is 0 Å². The molecule has 19 heavy (non-hydrogen) atoms. The number of carbonyl (C=O) groups is 1. The number of nitrogens with one attached hydrogen (secondary N) is 1. The van der Waals surface area contributed by atoms with Gasteiger partial charge in [-0.1, -0.05) is 30.3 Å². The fourth-order valence-corrected chi connectivity index (χ4v) is 1.64. The lowest BCUT2D eigenvalue weighted by Gasteiger charge is -2.14. The van der Waals surface area contributed by atoms with E-state index in [1.165, 1.54) is 12.1 Å². The van der Waals surface area contributed by atoms with E-state index in [4.69, 9.17) is 4.74 Å². The molecule has 2 aromatic rings. The van der Waals surface area contributed by atoms with Gasteiger partial charge < -0.3 is 10.1 Å². The Bertz CT molecular complexity index is 540. The molecule has 0 saturated heterocycles. The molecule has 1 amide bonds. The first-order chi connectivity index (χ1) is 9.15. The highest BCUT2D eigenvalue weighted by molar-refractivity contribution is 5.70. The smallest absolute Gasteiger partial charge is 0.410 e. The highest BCUT2D eigenvalue weighted by Gasteiger charge is 2.11. The second-order valence-corrected chi connectivity index (χ2v) is 4.12. The van der Waals surface area contributed by atoms with Crippen LogP contribution in [0.15, 0.2) is 54.6 Å². The van der Waals surface area contributed by atoms with Crippen LogP contribution in [0, 0.1) is 5.82 Å². The fourth-order valence-electron chi connectivity index (χ4n) is 1.64. The summed E-state index contributed by atoms with van der Waals surface area (Å²) >= 11 is 0. The van der Waals surface area contributed by atoms with Crippen molar-refractivity contribution in [3.8, 4) is 5.75 Å². The van der Waals surface area contributed by atoms with Gasteiger partial charge in [0, 0.05) is 0 Å². The van der Waals surface area contributed by atoms with Crippen molar-refractivity contribution in [1.29, 1.82) is 0 Å². The predicted molar refractivity (Wildman–Crippen MR) is 70.4 cm³/mol. The van der Waals surface area contributed by atoms with E-state index in [-0.39, 0.29) is 11.9 Å². The van der Waals surface area contributed by atoms with Crippen molar-refractivity contribution in [2.45, 2.75) is 13.0 Å². The van der Waals surface area contributed by atoms with Crippen LogP contribution >= 0.6 is 0 Å². The van der Waals surface area contributed by atoms with Crippen molar-refractivity contribution in [3.05, 3.63) is 66.0 Å². The van der Waals surface area contributed by atoms with Gasteiger partial charge in [0.1, 0.15) is 11.6 Å². The molecule has 0 aliphatic carbocycles. The van der Waals surface area contributed by atoms with Gasteiger partial charge in [-0.05, 0) is 36.8 Å². The number of rotatable bonds is 3. The lowest BCUT2D eigenvalue weighted by Crippen LogP contribution is -2.29. The molecule has 3 nitrogen and oxygen atoms in total. The van der Waals surface area contributed by atoms with Gasteiger partial charge in [-0.25, -0.2) is 9.18 Å². The summed E-state index contributed by atoms with van der Waals surface area (Å²) in [6.45, 7) is 1.81. The summed E-state index contributed by atoms with van der Waals surface area (Å²) in [6, 6.07) is 14.5. The Labute approximate surface area is 111 Å². The number of benzene rings is 2. The van der Waals surface area contributed by atoms with Crippen LogP contribution in [0.4, 0.5) is 9.18 Å². The first-order valence-electron chi connectivity index (χ1n) is 5.94. The Balaban J connectivity index is 1.93. The Morgan fingerprint density at radius 3 is 2.37 bits per heavy atom. The quantitative estimate of drug-likeness (QED) is 0.913. The second-order valence-electron chi connectivity index (χ2n) is 4.12. The Morgan fingerprint density at radius 2 is 1.74 bits per heavy atom. The van der Waals surface area contributed by atoms with Gasteiger partial charge in [-0.15, -0.1) is 0 Å². The number of amides is 1. The molecule has 2 aromatic carbocycles. The SMILES string of the molecule is C[C@@H](NC(=O)Oc1ccccc1)c1ccc(F)cc1.